The van der Waals surface area contributed by atoms with E-state index in [1.165, 1.54) is 12.1 Å². The van der Waals surface area contributed by atoms with E-state index in [0.29, 0.717) is 95.8 Å². The average Bonchev–Trinajstić information content (AvgIpc) is 2.63. The molecule has 0 unspecified atom stereocenters. The molecule has 0 radical (unpaired) electrons. The number of aromatic nitrogens is 8. The van der Waals surface area contributed by atoms with E-state index in [-0.39, 0.29) is 28.6 Å². The van der Waals surface area contributed by atoms with Gasteiger partial charge in [-0.2, -0.15) is 31.6 Å². The maximum atomic E-state index is 16.0. The van der Waals surface area contributed by atoms with E-state index in [1.807, 2.05) is 194 Å². The van der Waals surface area contributed by atoms with Crippen LogP contribution in [0.25, 0.3) is 134 Å². The summed E-state index contributed by atoms with van der Waals surface area (Å²) in [5.74, 6) is 2.17. The van der Waals surface area contributed by atoms with Crippen molar-refractivity contribution in [3.63, 3.8) is 0 Å². The van der Waals surface area contributed by atoms with Crippen LogP contribution in [0.2, 0.25) is 0 Å². The molecule has 0 aliphatic rings. The van der Waals surface area contributed by atoms with Crippen molar-refractivity contribution >= 4 is 43.6 Å². The van der Waals surface area contributed by atoms with Crippen LogP contribution in [0.15, 0.2) is 237 Å². The fraction of sp³-hybridized carbons (Fsp3) is 0.0290. The van der Waals surface area contributed by atoms with Crippen molar-refractivity contribution in [3.8, 4) is 96.9 Å². The number of nitriles is 1. The number of nitrogens with zero attached hydrogens (tertiary/aromatic N) is 9. The molecule has 0 atom stereocenters. The van der Waals surface area contributed by atoms with Gasteiger partial charge in [0, 0.05) is 60.5 Å². The summed E-state index contributed by atoms with van der Waals surface area (Å²) < 4.78 is 95.7. The van der Waals surface area contributed by atoms with Gasteiger partial charge >= 0.3 is 12.4 Å². The molecule has 0 aliphatic heterocycles. The van der Waals surface area contributed by atoms with Crippen LogP contribution in [0.5, 0.6) is 0 Å². The number of para-hydroxylation sites is 2. The summed E-state index contributed by atoms with van der Waals surface area (Å²) >= 11 is 0. The van der Waals surface area contributed by atoms with E-state index in [2.05, 4.69) is 6.07 Å². The summed E-state index contributed by atoms with van der Waals surface area (Å²) in [4.78, 5) is 29.7. The molecule has 0 amide bonds. The number of rotatable bonds is 9. The molecule has 402 valence electrons. The van der Waals surface area contributed by atoms with Crippen LogP contribution in [0.3, 0.4) is 0 Å². The molecule has 0 bridgehead atoms. The van der Waals surface area contributed by atoms with Gasteiger partial charge in [-0.25, -0.2) is 29.9 Å². The quantitative estimate of drug-likeness (QED) is 0.132. The molecule has 9 nitrogen and oxygen atoms in total. The normalized spacial score (nSPS) is 11.9. The molecule has 15 heteroatoms. The van der Waals surface area contributed by atoms with E-state index < -0.39 is 29.0 Å². The standard InChI is InChI=1S/C69H39F6N9/c70-68(71,72)48-31-34-53(54(39-48)69(73,74)75)61-59(83-55-27-15-13-25-49(55)51-32-29-46(37-57(51)83)66-79-62(42-17-5-1-6-18-42)77-63(80-66)43-19-7-2-8-20-43)35-41(40-76)36-60(61)84-56-28-16-14-26-50(56)52-33-30-47(38-58(52)84)67-81-64(44-21-9-3-10-22-44)78-65(82-67)45-23-11-4-12-24-45/h1-39H. The third kappa shape index (κ3) is 9.02. The van der Waals surface area contributed by atoms with E-state index in [4.69, 9.17) is 29.9 Å². The van der Waals surface area contributed by atoms with Crippen LogP contribution in [0.4, 0.5) is 26.3 Å². The molecule has 0 fully saturated rings. The maximum Gasteiger partial charge on any atom is 0.417 e. The molecule has 0 saturated carbocycles. The number of hydrogen-bond donors (Lipinski definition) is 0. The topological polar surface area (TPSA) is 111 Å². The lowest BCUT2D eigenvalue weighted by molar-refractivity contribution is -0.142. The second kappa shape index (κ2) is 20.2. The number of fused-ring (bicyclic) bond motifs is 6. The number of halogens is 6. The van der Waals surface area contributed by atoms with Gasteiger partial charge in [-0.15, -0.1) is 0 Å². The summed E-state index contributed by atoms with van der Waals surface area (Å²) in [5, 5.41) is 13.9. The lowest BCUT2D eigenvalue weighted by atomic mass is 9.92. The number of hydrogen-bond acceptors (Lipinski definition) is 7. The predicted octanol–water partition coefficient (Wildman–Crippen LogP) is 17.8. The fourth-order valence-corrected chi connectivity index (χ4v) is 11.1. The Morgan fingerprint density at radius 1 is 0.321 bits per heavy atom. The highest BCUT2D eigenvalue weighted by Gasteiger charge is 2.40. The van der Waals surface area contributed by atoms with E-state index >= 15 is 13.2 Å². The predicted molar refractivity (Wildman–Crippen MR) is 315 cm³/mol. The summed E-state index contributed by atoms with van der Waals surface area (Å²) in [6.45, 7) is 0. The van der Waals surface area contributed by atoms with Crippen molar-refractivity contribution in [2.75, 3.05) is 0 Å². The van der Waals surface area contributed by atoms with Gasteiger partial charge in [0.1, 0.15) is 0 Å². The van der Waals surface area contributed by atoms with Crippen molar-refractivity contribution in [2.45, 2.75) is 12.4 Å². The second-order valence-corrected chi connectivity index (χ2v) is 20.0. The largest absolute Gasteiger partial charge is 0.417 e. The first-order chi connectivity index (χ1) is 40.9. The number of alkyl halides is 6. The van der Waals surface area contributed by atoms with Gasteiger partial charge in [-0.1, -0.05) is 188 Å². The van der Waals surface area contributed by atoms with Crippen LogP contribution in [-0.4, -0.2) is 39.0 Å². The molecular formula is C69H39F6N9. The SMILES string of the molecule is N#Cc1cc(-n2c3ccccc3c3ccc(-c4nc(-c5ccccc5)nc(-c5ccccc5)n4)cc32)c(-c2ccc(C(F)(F)F)cc2C(F)(F)F)c(-n2c3ccccc3c3ccc(-c4nc(-c5ccccc5)nc(-c5ccccc5)n4)cc32)c1. The van der Waals surface area contributed by atoms with Crippen molar-refractivity contribution in [1.82, 2.24) is 39.0 Å². The Morgan fingerprint density at radius 3 is 1.02 bits per heavy atom. The molecule has 84 heavy (non-hydrogen) atoms. The molecule has 10 aromatic carbocycles. The molecule has 14 aromatic rings. The lowest BCUT2D eigenvalue weighted by Gasteiger charge is -2.24. The Hall–Kier alpha value is -11.1. The first-order valence-corrected chi connectivity index (χ1v) is 26.5. The van der Waals surface area contributed by atoms with Gasteiger partial charge in [-0.05, 0) is 54.1 Å². The van der Waals surface area contributed by atoms with E-state index in [1.54, 1.807) is 21.3 Å². The Morgan fingerprint density at radius 2 is 0.667 bits per heavy atom. The molecular weight excluding hydrogens is 1070 g/mol. The maximum absolute atomic E-state index is 16.0. The zero-order valence-corrected chi connectivity index (χ0v) is 43.8. The van der Waals surface area contributed by atoms with E-state index in [0.717, 1.165) is 28.3 Å². The van der Waals surface area contributed by atoms with Crippen molar-refractivity contribution in [2.24, 2.45) is 0 Å². The van der Waals surface area contributed by atoms with Crippen LogP contribution in [-0.2, 0) is 12.4 Å². The van der Waals surface area contributed by atoms with Crippen molar-refractivity contribution < 1.29 is 26.3 Å². The average molecular weight is 1110 g/mol. The first kappa shape index (κ1) is 51.1. The van der Waals surface area contributed by atoms with Gasteiger partial charge < -0.3 is 9.13 Å². The summed E-state index contributed by atoms with van der Waals surface area (Å²) in [6, 6.07) is 70.5. The summed E-state index contributed by atoms with van der Waals surface area (Å²) in [5.41, 5.74) is 2.46. The molecule has 0 aliphatic carbocycles. The highest BCUT2D eigenvalue weighted by atomic mass is 19.4. The van der Waals surface area contributed by atoms with E-state index in [9.17, 15) is 18.4 Å². The third-order valence-electron chi connectivity index (χ3n) is 14.9. The molecule has 0 spiro atoms. The Kier molecular flexibility index (Phi) is 12.3. The van der Waals surface area contributed by atoms with Gasteiger partial charge in [0.15, 0.2) is 34.9 Å². The van der Waals surface area contributed by atoms with Crippen LogP contribution < -0.4 is 0 Å². The first-order valence-electron chi connectivity index (χ1n) is 26.5. The fourth-order valence-electron chi connectivity index (χ4n) is 11.1. The zero-order valence-electron chi connectivity index (χ0n) is 43.8. The lowest BCUT2D eigenvalue weighted by Crippen LogP contribution is -2.14. The van der Waals surface area contributed by atoms with Gasteiger partial charge in [-0.3, -0.25) is 0 Å². The zero-order chi connectivity index (χ0) is 57.3. The van der Waals surface area contributed by atoms with Crippen LogP contribution in [0.1, 0.15) is 16.7 Å². The van der Waals surface area contributed by atoms with Crippen molar-refractivity contribution in [3.05, 3.63) is 253 Å². The van der Waals surface area contributed by atoms with Gasteiger partial charge in [0.2, 0.25) is 0 Å². The monoisotopic (exact) mass is 1110 g/mol. The highest BCUT2D eigenvalue weighted by molar-refractivity contribution is 6.13. The van der Waals surface area contributed by atoms with Crippen LogP contribution >= 0.6 is 0 Å². The Bertz CT molecular complexity index is 4560. The van der Waals surface area contributed by atoms with Gasteiger partial charge in [0.05, 0.1) is 56.2 Å². The van der Waals surface area contributed by atoms with Crippen LogP contribution in [0, 0.1) is 11.3 Å². The molecule has 0 N–H and O–H groups in total. The van der Waals surface area contributed by atoms with Crippen molar-refractivity contribution in [1.29, 1.82) is 5.26 Å². The molecule has 4 aromatic heterocycles. The molecule has 4 heterocycles. The molecule has 0 saturated heterocycles. The third-order valence-corrected chi connectivity index (χ3v) is 14.9. The summed E-state index contributed by atoms with van der Waals surface area (Å²) in [6.07, 6.45) is -10.5. The Labute approximate surface area is 474 Å². The van der Waals surface area contributed by atoms with Gasteiger partial charge in [0.25, 0.3) is 0 Å². The number of benzene rings is 10. The molecule has 14 rings (SSSR count). The Balaban J connectivity index is 1.08. The minimum Gasteiger partial charge on any atom is -0.308 e. The highest BCUT2D eigenvalue weighted by Crippen LogP contribution is 2.48. The second-order valence-electron chi connectivity index (χ2n) is 20.0. The minimum absolute atomic E-state index is 0.0448. The smallest absolute Gasteiger partial charge is 0.308 e. The minimum atomic E-state index is -5.32. The summed E-state index contributed by atoms with van der Waals surface area (Å²) in [7, 11) is 0.